The van der Waals surface area contributed by atoms with Crippen molar-refractivity contribution in [2.75, 3.05) is 7.11 Å². The maximum atomic E-state index is 12.4. The molecule has 0 spiro atoms. The fourth-order valence-corrected chi connectivity index (χ4v) is 3.42. The molecular weight excluding hydrogens is 302 g/mol. The van der Waals surface area contributed by atoms with Crippen molar-refractivity contribution in [3.05, 3.63) is 65.2 Å². The topological polar surface area (TPSA) is 58.6 Å². The molecular formula is C20H23NO3. The Kier molecular flexibility index (Phi) is 4.58. The van der Waals surface area contributed by atoms with Gasteiger partial charge in [-0.2, -0.15) is 0 Å². The monoisotopic (exact) mass is 325 g/mol. The van der Waals surface area contributed by atoms with E-state index in [-0.39, 0.29) is 18.4 Å². The molecule has 3 rings (SSSR count). The van der Waals surface area contributed by atoms with Crippen LogP contribution in [0.3, 0.4) is 0 Å². The van der Waals surface area contributed by atoms with Gasteiger partial charge in [0.1, 0.15) is 5.75 Å². The molecule has 126 valence electrons. The number of hydrogen-bond acceptors (Lipinski definition) is 3. The summed E-state index contributed by atoms with van der Waals surface area (Å²) in [6.07, 6.45) is 1.78. The molecule has 2 unspecified atom stereocenters. The van der Waals surface area contributed by atoms with Gasteiger partial charge in [0.15, 0.2) is 0 Å². The van der Waals surface area contributed by atoms with Crippen molar-refractivity contribution in [3.63, 3.8) is 0 Å². The van der Waals surface area contributed by atoms with Crippen molar-refractivity contribution in [3.8, 4) is 5.75 Å². The van der Waals surface area contributed by atoms with Gasteiger partial charge in [-0.25, -0.2) is 0 Å². The van der Waals surface area contributed by atoms with E-state index in [0.29, 0.717) is 0 Å². The molecule has 4 nitrogen and oxygen atoms in total. The average molecular weight is 325 g/mol. The van der Waals surface area contributed by atoms with E-state index in [1.165, 1.54) is 5.56 Å². The second-order valence-electron chi connectivity index (χ2n) is 6.50. The summed E-state index contributed by atoms with van der Waals surface area (Å²) >= 11 is 0. The normalized spacial score (nSPS) is 18.5. The highest BCUT2D eigenvalue weighted by Crippen LogP contribution is 2.37. The highest BCUT2D eigenvalue weighted by Gasteiger charge is 2.30. The maximum Gasteiger partial charge on any atom is 0.223 e. The SMILES string of the molecule is COc1cccc2c1CCC2NC(=O)CC(C)(O)c1ccccc1. The summed E-state index contributed by atoms with van der Waals surface area (Å²) < 4.78 is 5.40. The van der Waals surface area contributed by atoms with Crippen LogP contribution < -0.4 is 10.1 Å². The van der Waals surface area contributed by atoms with Crippen LogP contribution >= 0.6 is 0 Å². The number of methoxy groups -OCH3 is 1. The Morgan fingerprint density at radius 3 is 2.71 bits per heavy atom. The average Bonchev–Trinajstić information content (AvgIpc) is 2.98. The molecule has 2 aromatic carbocycles. The van der Waals surface area contributed by atoms with Crippen LogP contribution in [0.15, 0.2) is 48.5 Å². The van der Waals surface area contributed by atoms with Crippen molar-refractivity contribution in [1.29, 1.82) is 0 Å². The third kappa shape index (κ3) is 3.29. The summed E-state index contributed by atoms with van der Waals surface area (Å²) in [6, 6.07) is 15.2. The molecule has 0 heterocycles. The molecule has 4 heteroatoms. The lowest BCUT2D eigenvalue weighted by Crippen LogP contribution is -2.34. The number of fused-ring (bicyclic) bond motifs is 1. The van der Waals surface area contributed by atoms with E-state index in [1.54, 1.807) is 14.0 Å². The third-order valence-electron chi connectivity index (χ3n) is 4.68. The van der Waals surface area contributed by atoms with E-state index in [9.17, 15) is 9.90 Å². The lowest BCUT2D eigenvalue weighted by Gasteiger charge is -2.24. The Morgan fingerprint density at radius 2 is 2.00 bits per heavy atom. The zero-order valence-electron chi connectivity index (χ0n) is 14.1. The van der Waals surface area contributed by atoms with Gasteiger partial charge in [0.25, 0.3) is 0 Å². The lowest BCUT2D eigenvalue weighted by molar-refractivity contribution is -0.126. The Hall–Kier alpha value is -2.33. The second-order valence-corrected chi connectivity index (χ2v) is 6.50. The summed E-state index contributed by atoms with van der Waals surface area (Å²) in [4.78, 5) is 12.4. The number of benzene rings is 2. The number of carbonyl (C=O) groups excluding carboxylic acids is 1. The number of ether oxygens (including phenoxy) is 1. The molecule has 0 bridgehead atoms. The van der Waals surface area contributed by atoms with E-state index in [0.717, 1.165) is 29.7 Å². The van der Waals surface area contributed by atoms with E-state index in [2.05, 4.69) is 5.32 Å². The van der Waals surface area contributed by atoms with Crippen LogP contribution in [0.5, 0.6) is 5.75 Å². The first kappa shape index (κ1) is 16.5. The van der Waals surface area contributed by atoms with Crippen LogP contribution in [-0.4, -0.2) is 18.1 Å². The standard InChI is InChI=1S/C20H23NO3/c1-20(23,14-7-4-3-5-8-14)13-19(22)21-17-12-11-16-15(17)9-6-10-18(16)24-2/h3-10,17,23H,11-13H2,1-2H3,(H,21,22). The fourth-order valence-electron chi connectivity index (χ4n) is 3.42. The van der Waals surface area contributed by atoms with Crippen LogP contribution in [0.25, 0.3) is 0 Å². The van der Waals surface area contributed by atoms with E-state index < -0.39 is 5.60 Å². The number of amides is 1. The second kappa shape index (κ2) is 6.65. The molecule has 1 aliphatic rings. The molecule has 0 aliphatic heterocycles. The predicted molar refractivity (Wildman–Crippen MR) is 92.8 cm³/mol. The zero-order chi connectivity index (χ0) is 17.2. The Morgan fingerprint density at radius 1 is 1.25 bits per heavy atom. The van der Waals surface area contributed by atoms with Crippen LogP contribution in [-0.2, 0) is 16.8 Å². The minimum atomic E-state index is -1.18. The summed E-state index contributed by atoms with van der Waals surface area (Å²) in [6.45, 7) is 1.67. The smallest absolute Gasteiger partial charge is 0.223 e. The summed E-state index contributed by atoms with van der Waals surface area (Å²) in [5, 5.41) is 13.7. The van der Waals surface area contributed by atoms with Crippen LogP contribution in [0.2, 0.25) is 0 Å². The van der Waals surface area contributed by atoms with Crippen LogP contribution in [0.4, 0.5) is 0 Å². The van der Waals surface area contributed by atoms with Gasteiger partial charge in [-0.15, -0.1) is 0 Å². The van der Waals surface area contributed by atoms with Crippen LogP contribution in [0, 0.1) is 0 Å². The first-order valence-electron chi connectivity index (χ1n) is 8.24. The highest BCUT2D eigenvalue weighted by atomic mass is 16.5. The van der Waals surface area contributed by atoms with Gasteiger partial charge >= 0.3 is 0 Å². The van der Waals surface area contributed by atoms with Crippen molar-refractivity contribution < 1.29 is 14.6 Å². The van der Waals surface area contributed by atoms with Crippen molar-refractivity contribution >= 4 is 5.91 Å². The quantitative estimate of drug-likeness (QED) is 0.888. The van der Waals surface area contributed by atoms with Gasteiger partial charge in [0.05, 0.1) is 25.2 Å². The minimum absolute atomic E-state index is 0.0193. The predicted octanol–water partition coefficient (Wildman–Crippen LogP) is 3.10. The molecule has 1 amide bonds. The van der Waals surface area contributed by atoms with Gasteiger partial charge in [-0.3, -0.25) is 4.79 Å². The number of aliphatic hydroxyl groups is 1. The highest BCUT2D eigenvalue weighted by molar-refractivity contribution is 5.78. The first-order chi connectivity index (χ1) is 11.5. The van der Waals surface area contributed by atoms with E-state index >= 15 is 0 Å². The molecule has 2 atom stereocenters. The van der Waals surface area contributed by atoms with Gasteiger partial charge < -0.3 is 15.2 Å². The van der Waals surface area contributed by atoms with E-state index in [4.69, 9.17) is 4.74 Å². The largest absolute Gasteiger partial charge is 0.496 e. The van der Waals surface area contributed by atoms with Crippen molar-refractivity contribution in [2.24, 2.45) is 0 Å². The molecule has 1 aliphatic carbocycles. The molecule has 0 fully saturated rings. The van der Waals surface area contributed by atoms with Crippen LogP contribution in [0.1, 0.15) is 42.5 Å². The van der Waals surface area contributed by atoms with Crippen molar-refractivity contribution in [2.45, 2.75) is 37.8 Å². The molecule has 2 aromatic rings. The van der Waals surface area contributed by atoms with Gasteiger partial charge in [-0.1, -0.05) is 42.5 Å². The van der Waals surface area contributed by atoms with E-state index in [1.807, 2.05) is 48.5 Å². The minimum Gasteiger partial charge on any atom is -0.496 e. The number of nitrogens with one attached hydrogen (secondary N) is 1. The summed E-state index contributed by atoms with van der Waals surface area (Å²) in [5.41, 5.74) is 1.84. The third-order valence-corrected chi connectivity index (χ3v) is 4.68. The van der Waals surface area contributed by atoms with Gasteiger partial charge in [0, 0.05) is 0 Å². The number of rotatable bonds is 5. The summed E-state index contributed by atoms with van der Waals surface area (Å²) in [7, 11) is 1.67. The van der Waals surface area contributed by atoms with Gasteiger partial charge in [-0.05, 0) is 42.5 Å². The maximum absolute atomic E-state index is 12.4. The molecule has 0 saturated heterocycles. The fraction of sp³-hybridized carbons (Fsp3) is 0.350. The summed E-state index contributed by atoms with van der Waals surface area (Å²) in [5.74, 6) is 0.727. The lowest BCUT2D eigenvalue weighted by atomic mass is 9.92. The Labute approximate surface area is 142 Å². The zero-order valence-corrected chi connectivity index (χ0v) is 14.1. The number of hydrogen-bond donors (Lipinski definition) is 2. The number of carbonyl (C=O) groups is 1. The molecule has 0 radical (unpaired) electrons. The van der Waals surface area contributed by atoms with Crippen molar-refractivity contribution in [1.82, 2.24) is 5.32 Å². The molecule has 0 saturated carbocycles. The molecule has 0 aromatic heterocycles. The molecule has 2 N–H and O–H groups in total. The van der Waals surface area contributed by atoms with Gasteiger partial charge in [0.2, 0.25) is 5.91 Å². The first-order valence-corrected chi connectivity index (χ1v) is 8.24. The Balaban J connectivity index is 1.69. The Bertz CT molecular complexity index is 725. The molecule has 24 heavy (non-hydrogen) atoms.